The molecule has 1 aliphatic heterocycles. The van der Waals surface area contributed by atoms with Crippen LogP contribution in [-0.4, -0.2) is 29.8 Å². The molecule has 0 spiro atoms. The number of amides is 2. The fourth-order valence-electron chi connectivity index (χ4n) is 3.01. The number of carbonyl (C=O) groups excluding carboxylic acids is 2. The van der Waals surface area contributed by atoms with Gasteiger partial charge in [-0.05, 0) is 24.8 Å². The molecule has 0 bridgehead atoms. The van der Waals surface area contributed by atoms with Crippen LogP contribution in [0.3, 0.4) is 0 Å². The van der Waals surface area contributed by atoms with Crippen molar-refractivity contribution in [2.24, 2.45) is 11.7 Å². The first kappa shape index (κ1) is 15.5. The first-order valence-corrected chi connectivity index (χ1v) is 7.76. The molecule has 1 heterocycles. The summed E-state index contributed by atoms with van der Waals surface area (Å²) in [7, 11) is 0. The largest absolute Gasteiger partial charge is 0.369 e. The maximum absolute atomic E-state index is 12.8. The zero-order valence-electron chi connectivity index (χ0n) is 12.6. The number of benzene rings is 1. The molecule has 0 aromatic heterocycles. The smallest absolute Gasteiger partial charge is 0.230 e. The van der Waals surface area contributed by atoms with Crippen LogP contribution in [0.15, 0.2) is 30.3 Å². The molecule has 21 heavy (non-hydrogen) atoms. The molecule has 2 rings (SSSR count). The van der Waals surface area contributed by atoms with Crippen LogP contribution in [0.1, 0.15) is 44.1 Å². The predicted molar refractivity (Wildman–Crippen MR) is 82.6 cm³/mol. The van der Waals surface area contributed by atoms with Crippen molar-refractivity contribution in [3.05, 3.63) is 35.9 Å². The van der Waals surface area contributed by atoms with Crippen molar-refractivity contribution in [3.63, 3.8) is 0 Å². The van der Waals surface area contributed by atoms with Crippen LogP contribution in [0.25, 0.3) is 0 Å². The second-order valence-electron chi connectivity index (χ2n) is 5.75. The monoisotopic (exact) mass is 288 g/mol. The SMILES string of the molecule is CCCC(C(=O)N1CCC(C(N)=O)CC1)c1ccccc1. The van der Waals surface area contributed by atoms with Gasteiger partial charge in [0, 0.05) is 19.0 Å². The highest BCUT2D eigenvalue weighted by Gasteiger charge is 2.30. The minimum Gasteiger partial charge on any atom is -0.369 e. The van der Waals surface area contributed by atoms with E-state index in [1.807, 2.05) is 35.2 Å². The van der Waals surface area contributed by atoms with E-state index in [1.165, 1.54) is 0 Å². The van der Waals surface area contributed by atoms with E-state index in [-0.39, 0.29) is 23.7 Å². The number of carbonyl (C=O) groups is 2. The van der Waals surface area contributed by atoms with Crippen molar-refractivity contribution < 1.29 is 9.59 Å². The molecule has 2 amide bonds. The molecule has 1 saturated heterocycles. The van der Waals surface area contributed by atoms with Gasteiger partial charge in [-0.3, -0.25) is 9.59 Å². The van der Waals surface area contributed by atoms with Crippen LogP contribution in [0.2, 0.25) is 0 Å². The van der Waals surface area contributed by atoms with E-state index in [0.717, 1.165) is 18.4 Å². The molecule has 1 aromatic rings. The minimum absolute atomic E-state index is 0.0682. The highest BCUT2D eigenvalue weighted by atomic mass is 16.2. The number of primary amides is 1. The molecule has 4 nitrogen and oxygen atoms in total. The van der Waals surface area contributed by atoms with E-state index in [2.05, 4.69) is 6.92 Å². The molecule has 114 valence electrons. The summed E-state index contributed by atoms with van der Waals surface area (Å²) in [5.74, 6) is -0.196. The van der Waals surface area contributed by atoms with Gasteiger partial charge < -0.3 is 10.6 Å². The standard InChI is InChI=1S/C17H24N2O2/c1-2-6-15(13-7-4-3-5-8-13)17(21)19-11-9-14(10-12-19)16(18)20/h3-5,7-8,14-15H,2,6,9-12H2,1H3,(H2,18,20). The van der Waals surface area contributed by atoms with E-state index in [1.54, 1.807) is 0 Å². The Morgan fingerprint density at radius 2 is 1.86 bits per heavy atom. The summed E-state index contributed by atoms with van der Waals surface area (Å²) in [6, 6.07) is 9.97. The van der Waals surface area contributed by atoms with Gasteiger partial charge in [0.05, 0.1) is 5.92 Å². The fraction of sp³-hybridized carbons (Fsp3) is 0.529. The van der Waals surface area contributed by atoms with E-state index in [9.17, 15) is 9.59 Å². The topological polar surface area (TPSA) is 63.4 Å². The number of piperidine rings is 1. The molecule has 1 aliphatic rings. The quantitative estimate of drug-likeness (QED) is 0.903. The lowest BCUT2D eigenvalue weighted by Gasteiger charge is -2.33. The summed E-state index contributed by atoms with van der Waals surface area (Å²) in [6.45, 7) is 3.38. The third-order valence-electron chi connectivity index (χ3n) is 4.29. The number of nitrogens with zero attached hydrogens (tertiary/aromatic N) is 1. The number of hydrogen-bond acceptors (Lipinski definition) is 2. The normalized spacial score (nSPS) is 17.5. The Morgan fingerprint density at radius 1 is 1.24 bits per heavy atom. The Hall–Kier alpha value is -1.84. The van der Waals surface area contributed by atoms with Crippen molar-refractivity contribution >= 4 is 11.8 Å². The fourth-order valence-corrected chi connectivity index (χ4v) is 3.01. The lowest BCUT2D eigenvalue weighted by atomic mass is 9.90. The molecule has 0 saturated carbocycles. The molecule has 0 aliphatic carbocycles. The number of likely N-dealkylation sites (tertiary alicyclic amines) is 1. The second-order valence-corrected chi connectivity index (χ2v) is 5.75. The second kappa shape index (κ2) is 7.25. The van der Waals surface area contributed by atoms with Gasteiger partial charge in [-0.1, -0.05) is 43.7 Å². The Labute approximate surface area is 126 Å². The highest BCUT2D eigenvalue weighted by Crippen LogP contribution is 2.26. The van der Waals surface area contributed by atoms with Crippen LogP contribution < -0.4 is 5.73 Å². The van der Waals surface area contributed by atoms with Crippen molar-refractivity contribution in [3.8, 4) is 0 Å². The maximum atomic E-state index is 12.8. The van der Waals surface area contributed by atoms with E-state index < -0.39 is 0 Å². The van der Waals surface area contributed by atoms with Crippen molar-refractivity contribution in [2.45, 2.75) is 38.5 Å². The van der Waals surface area contributed by atoms with E-state index in [4.69, 9.17) is 5.73 Å². The van der Waals surface area contributed by atoms with Gasteiger partial charge >= 0.3 is 0 Å². The summed E-state index contributed by atoms with van der Waals surface area (Å²) < 4.78 is 0. The van der Waals surface area contributed by atoms with E-state index >= 15 is 0 Å². The summed E-state index contributed by atoms with van der Waals surface area (Å²) in [4.78, 5) is 25.9. The van der Waals surface area contributed by atoms with E-state index in [0.29, 0.717) is 25.9 Å². The molecule has 1 atom stereocenters. The molecule has 2 N–H and O–H groups in total. The number of nitrogens with two attached hydrogens (primary N) is 1. The molecule has 1 unspecified atom stereocenters. The first-order valence-electron chi connectivity index (χ1n) is 7.76. The Bertz CT molecular complexity index is 479. The van der Waals surface area contributed by atoms with Crippen LogP contribution in [0.4, 0.5) is 0 Å². The van der Waals surface area contributed by atoms with Gasteiger partial charge in [0.1, 0.15) is 0 Å². The Morgan fingerprint density at radius 3 is 2.38 bits per heavy atom. The first-order chi connectivity index (χ1) is 10.1. The van der Waals surface area contributed by atoms with Gasteiger partial charge in [0.25, 0.3) is 0 Å². The van der Waals surface area contributed by atoms with Crippen LogP contribution in [-0.2, 0) is 9.59 Å². The zero-order chi connectivity index (χ0) is 15.2. The maximum Gasteiger partial charge on any atom is 0.230 e. The van der Waals surface area contributed by atoms with Crippen molar-refractivity contribution in [1.82, 2.24) is 4.90 Å². The zero-order valence-corrected chi connectivity index (χ0v) is 12.6. The summed E-state index contributed by atoms with van der Waals surface area (Å²) in [6.07, 6.45) is 3.21. The van der Waals surface area contributed by atoms with Gasteiger partial charge in [-0.2, -0.15) is 0 Å². The highest BCUT2D eigenvalue weighted by molar-refractivity contribution is 5.84. The number of hydrogen-bond donors (Lipinski definition) is 1. The van der Waals surface area contributed by atoms with Crippen LogP contribution >= 0.6 is 0 Å². The summed E-state index contributed by atoms with van der Waals surface area (Å²) in [5.41, 5.74) is 6.43. The predicted octanol–water partition coefficient (Wildman–Crippen LogP) is 2.29. The lowest BCUT2D eigenvalue weighted by molar-refractivity contribution is -0.136. The van der Waals surface area contributed by atoms with Crippen LogP contribution in [0.5, 0.6) is 0 Å². The van der Waals surface area contributed by atoms with Crippen LogP contribution in [0, 0.1) is 5.92 Å². The molecule has 1 fully saturated rings. The van der Waals surface area contributed by atoms with Gasteiger partial charge in [0.15, 0.2) is 0 Å². The third kappa shape index (κ3) is 3.84. The average Bonchev–Trinajstić information content (AvgIpc) is 2.53. The third-order valence-corrected chi connectivity index (χ3v) is 4.29. The molecule has 0 radical (unpaired) electrons. The average molecular weight is 288 g/mol. The minimum atomic E-state index is -0.240. The van der Waals surface area contributed by atoms with Crippen molar-refractivity contribution in [2.75, 3.05) is 13.1 Å². The molecular formula is C17H24N2O2. The molecule has 4 heteroatoms. The van der Waals surface area contributed by atoms with Gasteiger partial charge in [-0.25, -0.2) is 0 Å². The Balaban J connectivity index is 2.04. The summed E-state index contributed by atoms with van der Waals surface area (Å²) >= 11 is 0. The molecular weight excluding hydrogens is 264 g/mol. The van der Waals surface area contributed by atoms with Gasteiger partial charge in [0.2, 0.25) is 11.8 Å². The Kier molecular flexibility index (Phi) is 5.37. The lowest BCUT2D eigenvalue weighted by Crippen LogP contribution is -2.43. The summed E-state index contributed by atoms with van der Waals surface area (Å²) in [5, 5.41) is 0. The number of rotatable bonds is 5. The molecule has 1 aromatic carbocycles. The van der Waals surface area contributed by atoms with Crippen molar-refractivity contribution in [1.29, 1.82) is 0 Å². The van der Waals surface area contributed by atoms with Gasteiger partial charge in [-0.15, -0.1) is 0 Å².